The van der Waals surface area contributed by atoms with Crippen LogP contribution in [0, 0.1) is 0 Å². The molecular formula is C24H22N2O5S. The van der Waals surface area contributed by atoms with Crippen molar-refractivity contribution < 1.29 is 19.4 Å². The van der Waals surface area contributed by atoms with Crippen LogP contribution in [0.2, 0.25) is 0 Å². The van der Waals surface area contributed by atoms with E-state index in [4.69, 9.17) is 9.47 Å². The lowest BCUT2D eigenvalue weighted by atomic mass is 9.96. The smallest absolute Gasteiger partial charge is 0.338 e. The lowest BCUT2D eigenvalue weighted by Gasteiger charge is -2.24. The van der Waals surface area contributed by atoms with Gasteiger partial charge in [0.05, 0.1) is 35.6 Å². The molecule has 164 valence electrons. The molecule has 0 bridgehead atoms. The van der Waals surface area contributed by atoms with Gasteiger partial charge >= 0.3 is 5.97 Å². The van der Waals surface area contributed by atoms with Crippen LogP contribution in [0.3, 0.4) is 0 Å². The molecule has 0 aliphatic carbocycles. The molecule has 0 radical (unpaired) electrons. The molecule has 1 N–H and O–H groups in total. The standard InChI is InChI=1S/C24H22N2O5S/c1-4-31-23(29)20-14(2)25-24-26(21(20)15-9-11-17(30-3)12-10-15)22(28)19(32-24)13-16-7-5-6-8-18(16)27/h5-13,21,27H,4H2,1-3H3/b19-13+. The number of aromatic nitrogens is 1. The first-order valence-corrected chi connectivity index (χ1v) is 10.9. The Morgan fingerprint density at radius 2 is 1.94 bits per heavy atom. The molecule has 2 heterocycles. The maximum absolute atomic E-state index is 13.5. The average molecular weight is 451 g/mol. The predicted octanol–water partition coefficient (Wildman–Crippen LogP) is 2.51. The van der Waals surface area contributed by atoms with Gasteiger partial charge in [0.2, 0.25) is 0 Å². The number of ether oxygens (including phenoxy) is 2. The highest BCUT2D eigenvalue weighted by Gasteiger charge is 2.33. The van der Waals surface area contributed by atoms with Gasteiger partial charge in [0.25, 0.3) is 5.56 Å². The van der Waals surface area contributed by atoms with E-state index in [2.05, 4.69) is 4.99 Å². The highest BCUT2D eigenvalue weighted by atomic mass is 32.1. The number of para-hydroxylation sites is 1. The molecule has 0 saturated heterocycles. The molecule has 1 atom stereocenters. The number of esters is 1. The quantitative estimate of drug-likeness (QED) is 0.604. The number of hydrogen-bond donors (Lipinski definition) is 1. The summed E-state index contributed by atoms with van der Waals surface area (Å²) in [5.41, 5.74) is 1.78. The van der Waals surface area contributed by atoms with Crippen LogP contribution in [-0.4, -0.2) is 29.4 Å². The number of phenolic OH excluding ortho intramolecular Hbond substituents is 1. The van der Waals surface area contributed by atoms with Crippen molar-refractivity contribution in [2.75, 3.05) is 13.7 Å². The van der Waals surface area contributed by atoms with Gasteiger partial charge in [-0.2, -0.15) is 0 Å². The number of hydrogen-bond acceptors (Lipinski definition) is 7. The molecule has 0 saturated carbocycles. The van der Waals surface area contributed by atoms with Crippen molar-refractivity contribution in [1.29, 1.82) is 0 Å². The number of allylic oxidation sites excluding steroid dienone is 1. The molecule has 4 rings (SSSR count). The lowest BCUT2D eigenvalue weighted by molar-refractivity contribution is -0.139. The van der Waals surface area contributed by atoms with Crippen molar-refractivity contribution in [1.82, 2.24) is 4.57 Å². The number of benzene rings is 2. The third-order valence-corrected chi connectivity index (χ3v) is 6.15. The Morgan fingerprint density at radius 3 is 2.59 bits per heavy atom. The Labute approximate surface area is 188 Å². The van der Waals surface area contributed by atoms with Crippen LogP contribution in [0.25, 0.3) is 6.08 Å². The SMILES string of the molecule is CCOC(=O)C1=C(C)N=c2s/c(=C/c3ccccc3O)c(=O)n2C1c1ccc(OC)cc1. The second-order valence-corrected chi connectivity index (χ2v) is 8.14. The van der Waals surface area contributed by atoms with Gasteiger partial charge in [0, 0.05) is 5.56 Å². The molecule has 1 unspecified atom stereocenters. The summed E-state index contributed by atoms with van der Waals surface area (Å²) in [4.78, 5) is 31.3. The van der Waals surface area contributed by atoms with E-state index in [1.807, 2.05) is 12.1 Å². The second-order valence-electron chi connectivity index (χ2n) is 7.13. The number of methoxy groups -OCH3 is 1. The van der Waals surface area contributed by atoms with E-state index >= 15 is 0 Å². The minimum Gasteiger partial charge on any atom is -0.507 e. The fourth-order valence-electron chi connectivity index (χ4n) is 3.64. The van der Waals surface area contributed by atoms with Gasteiger partial charge < -0.3 is 14.6 Å². The third kappa shape index (κ3) is 3.85. The number of phenols is 1. The van der Waals surface area contributed by atoms with Crippen molar-refractivity contribution >= 4 is 23.4 Å². The van der Waals surface area contributed by atoms with Gasteiger partial charge in [-0.3, -0.25) is 9.36 Å². The Morgan fingerprint density at radius 1 is 1.22 bits per heavy atom. The number of aromatic hydroxyl groups is 1. The molecule has 32 heavy (non-hydrogen) atoms. The molecule has 1 aliphatic heterocycles. The summed E-state index contributed by atoms with van der Waals surface area (Å²) in [5, 5.41) is 10.1. The Kier molecular flexibility index (Phi) is 5.96. The fraction of sp³-hybridized carbons (Fsp3) is 0.208. The first-order valence-electron chi connectivity index (χ1n) is 10.1. The largest absolute Gasteiger partial charge is 0.507 e. The van der Waals surface area contributed by atoms with E-state index in [0.717, 1.165) is 5.56 Å². The van der Waals surface area contributed by atoms with Crippen molar-refractivity contribution in [2.24, 2.45) is 4.99 Å². The highest BCUT2D eigenvalue weighted by molar-refractivity contribution is 7.07. The number of thiazole rings is 1. The van der Waals surface area contributed by atoms with Crippen LogP contribution >= 0.6 is 11.3 Å². The summed E-state index contributed by atoms with van der Waals surface area (Å²) < 4.78 is 12.5. The zero-order valence-corrected chi connectivity index (χ0v) is 18.7. The number of fused-ring (bicyclic) bond motifs is 1. The fourth-order valence-corrected chi connectivity index (χ4v) is 4.68. The summed E-state index contributed by atoms with van der Waals surface area (Å²) in [6, 6.07) is 13.3. The Balaban J connectivity index is 1.96. The van der Waals surface area contributed by atoms with Crippen LogP contribution < -0.4 is 19.6 Å². The van der Waals surface area contributed by atoms with E-state index in [0.29, 0.717) is 31.9 Å². The molecule has 8 heteroatoms. The van der Waals surface area contributed by atoms with Crippen molar-refractivity contribution in [3.63, 3.8) is 0 Å². The number of carbonyl (C=O) groups excluding carboxylic acids is 1. The van der Waals surface area contributed by atoms with Crippen molar-refractivity contribution in [2.45, 2.75) is 19.9 Å². The molecule has 3 aromatic rings. The number of nitrogens with zero attached hydrogens (tertiary/aromatic N) is 2. The Bertz CT molecular complexity index is 1380. The zero-order chi connectivity index (χ0) is 22.8. The van der Waals surface area contributed by atoms with Crippen LogP contribution in [0.15, 0.2) is 69.6 Å². The van der Waals surface area contributed by atoms with E-state index in [1.165, 1.54) is 15.9 Å². The third-order valence-electron chi connectivity index (χ3n) is 5.17. The van der Waals surface area contributed by atoms with Crippen LogP contribution in [0.5, 0.6) is 11.5 Å². The minimum atomic E-state index is -0.692. The normalized spacial score (nSPS) is 15.8. The van der Waals surface area contributed by atoms with E-state index in [-0.39, 0.29) is 17.9 Å². The first kappa shape index (κ1) is 21.6. The predicted molar refractivity (Wildman–Crippen MR) is 121 cm³/mol. The first-order chi connectivity index (χ1) is 15.4. The van der Waals surface area contributed by atoms with E-state index in [1.54, 1.807) is 63.4 Å². The van der Waals surface area contributed by atoms with Gasteiger partial charge in [-0.1, -0.05) is 41.7 Å². The molecule has 0 spiro atoms. The molecule has 0 fully saturated rings. The maximum atomic E-state index is 13.5. The Hall–Kier alpha value is -3.65. The van der Waals surface area contributed by atoms with Crippen molar-refractivity contribution in [3.8, 4) is 11.5 Å². The molecule has 0 amide bonds. The van der Waals surface area contributed by atoms with E-state index in [9.17, 15) is 14.7 Å². The van der Waals surface area contributed by atoms with Gasteiger partial charge in [-0.15, -0.1) is 0 Å². The summed E-state index contributed by atoms with van der Waals surface area (Å²) in [5.74, 6) is 0.233. The van der Waals surface area contributed by atoms with Crippen molar-refractivity contribution in [3.05, 3.63) is 90.6 Å². The molecule has 1 aliphatic rings. The molecule has 7 nitrogen and oxygen atoms in total. The molecular weight excluding hydrogens is 428 g/mol. The molecule has 2 aromatic carbocycles. The maximum Gasteiger partial charge on any atom is 0.338 e. The molecule has 1 aromatic heterocycles. The highest BCUT2D eigenvalue weighted by Crippen LogP contribution is 2.31. The number of carbonyl (C=O) groups is 1. The van der Waals surface area contributed by atoms with Gasteiger partial charge in [0.1, 0.15) is 11.5 Å². The van der Waals surface area contributed by atoms with Gasteiger partial charge in [-0.25, -0.2) is 9.79 Å². The van der Waals surface area contributed by atoms with Crippen LogP contribution in [-0.2, 0) is 9.53 Å². The van der Waals surface area contributed by atoms with Crippen LogP contribution in [0.4, 0.5) is 0 Å². The van der Waals surface area contributed by atoms with Gasteiger partial charge in [0.15, 0.2) is 4.80 Å². The average Bonchev–Trinajstić information content (AvgIpc) is 3.09. The summed E-state index contributed by atoms with van der Waals surface area (Å²) in [6.07, 6.45) is 1.63. The van der Waals surface area contributed by atoms with Gasteiger partial charge in [-0.05, 0) is 43.7 Å². The summed E-state index contributed by atoms with van der Waals surface area (Å²) in [7, 11) is 1.57. The summed E-state index contributed by atoms with van der Waals surface area (Å²) >= 11 is 1.21. The monoisotopic (exact) mass is 450 g/mol. The minimum absolute atomic E-state index is 0.0773. The lowest BCUT2D eigenvalue weighted by Crippen LogP contribution is -2.39. The van der Waals surface area contributed by atoms with Crippen LogP contribution in [0.1, 0.15) is 31.0 Å². The number of rotatable bonds is 5. The second kappa shape index (κ2) is 8.84. The summed E-state index contributed by atoms with van der Waals surface area (Å²) in [6.45, 7) is 3.68. The van der Waals surface area contributed by atoms with E-state index < -0.39 is 12.0 Å². The zero-order valence-electron chi connectivity index (χ0n) is 17.9. The topological polar surface area (TPSA) is 90.1 Å².